The summed E-state index contributed by atoms with van der Waals surface area (Å²) in [5.74, 6) is 1.05. The summed E-state index contributed by atoms with van der Waals surface area (Å²) >= 11 is 5.08. The largest absolute Gasteiger partial charge is 0.272 e. The molecule has 0 unspecified atom stereocenters. The topological polar surface area (TPSA) is 41.5 Å². The van der Waals surface area contributed by atoms with Crippen molar-refractivity contribution in [1.29, 1.82) is 0 Å². The third kappa shape index (κ3) is 4.94. The molecule has 0 atom stereocenters. The molecule has 1 amide bonds. The molecular formula is C20H17BrN2OS. The van der Waals surface area contributed by atoms with Crippen LogP contribution < -0.4 is 5.43 Å². The first kappa shape index (κ1) is 17.7. The van der Waals surface area contributed by atoms with E-state index in [1.54, 1.807) is 18.0 Å². The predicted octanol–water partition coefficient (Wildman–Crippen LogP) is 4.99. The second kappa shape index (κ2) is 8.83. The molecule has 25 heavy (non-hydrogen) atoms. The van der Waals surface area contributed by atoms with Gasteiger partial charge < -0.3 is 0 Å². The standard InChI is InChI=1S/C20H17BrN2OS/c21-19-11-4-2-7-17(19)13-25-14-20(24)23-22-12-16-9-5-8-15-6-1-3-10-18(15)16/h1-12H,13-14H2,(H,23,24)/b22-12-. The fourth-order valence-corrected chi connectivity index (χ4v) is 3.87. The van der Waals surface area contributed by atoms with Crippen molar-refractivity contribution in [3.05, 3.63) is 82.3 Å². The number of amides is 1. The summed E-state index contributed by atoms with van der Waals surface area (Å²) in [4.78, 5) is 11.9. The first-order chi connectivity index (χ1) is 12.2. The molecule has 0 heterocycles. The number of halogens is 1. The lowest BCUT2D eigenvalue weighted by molar-refractivity contribution is -0.118. The van der Waals surface area contributed by atoms with Crippen LogP contribution in [-0.4, -0.2) is 17.9 Å². The normalized spacial score (nSPS) is 11.1. The first-order valence-corrected chi connectivity index (χ1v) is 9.79. The number of fused-ring (bicyclic) bond motifs is 1. The second-order valence-electron chi connectivity index (χ2n) is 5.45. The zero-order chi connectivity index (χ0) is 17.5. The summed E-state index contributed by atoms with van der Waals surface area (Å²) in [6.45, 7) is 0. The summed E-state index contributed by atoms with van der Waals surface area (Å²) in [5, 5.41) is 6.36. The molecule has 0 radical (unpaired) electrons. The fraction of sp³-hybridized carbons (Fsp3) is 0.100. The van der Waals surface area contributed by atoms with Crippen LogP contribution in [0.25, 0.3) is 10.8 Å². The zero-order valence-corrected chi connectivity index (χ0v) is 15.9. The van der Waals surface area contributed by atoms with Gasteiger partial charge in [0.05, 0.1) is 12.0 Å². The number of hydrazone groups is 1. The highest BCUT2D eigenvalue weighted by Crippen LogP contribution is 2.21. The minimum Gasteiger partial charge on any atom is -0.272 e. The summed E-state index contributed by atoms with van der Waals surface area (Å²) in [7, 11) is 0. The predicted molar refractivity (Wildman–Crippen MR) is 110 cm³/mol. The van der Waals surface area contributed by atoms with E-state index in [0.29, 0.717) is 5.75 Å². The SMILES string of the molecule is O=C(CSCc1ccccc1Br)N/N=C\c1cccc2ccccc12. The van der Waals surface area contributed by atoms with Gasteiger partial charge in [0.15, 0.2) is 0 Å². The molecule has 3 aromatic carbocycles. The van der Waals surface area contributed by atoms with E-state index in [1.807, 2.05) is 54.6 Å². The maximum Gasteiger partial charge on any atom is 0.250 e. The van der Waals surface area contributed by atoms with E-state index in [4.69, 9.17) is 0 Å². The zero-order valence-electron chi connectivity index (χ0n) is 13.5. The van der Waals surface area contributed by atoms with Gasteiger partial charge in [0.1, 0.15) is 0 Å². The van der Waals surface area contributed by atoms with Gasteiger partial charge in [0, 0.05) is 15.8 Å². The Morgan fingerprint density at radius 2 is 1.80 bits per heavy atom. The molecule has 5 heteroatoms. The Morgan fingerprint density at radius 1 is 1.04 bits per heavy atom. The number of nitrogens with one attached hydrogen (secondary N) is 1. The van der Waals surface area contributed by atoms with Crippen LogP contribution in [0.2, 0.25) is 0 Å². The molecule has 0 bridgehead atoms. The molecule has 0 saturated carbocycles. The van der Waals surface area contributed by atoms with Crippen molar-refractivity contribution < 1.29 is 4.79 Å². The average Bonchev–Trinajstić information content (AvgIpc) is 2.63. The third-order valence-electron chi connectivity index (χ3n) is 3.66. The molecule has 0 aliphatic rings. The third-order valence-corrected chi connectivity index (χ3v) is 5.42. The lowest BCUT2D eigenvalue weighted by Gasteiger charge is -2.04. The minimum absolute atomic E-state index is 0.103. The first-order valence-electron chi connectivity index (χ1n) is 7.85. The number of nitrogens with zero attached hydrogens (tertiary/aromatic N) is 1. The highest BCUT2D eigenvalue weighted by atomic mass is 79.9. The Bertz CT molecular complexity index is 906. The van der Waals surface area contributed by atoms with Gasteiger partial charge in [-0.25, -0.2) is 5.43 Å². The Morgan fingerprint density at radius 3 is 2.68 bits per heavy atom. The van der Waals surface area contributed by atoms with Gasteiger partial charge in [-0.05, 0) is 22.4 Å². The smallest absolute Gasteiger partial charge is 0.250 e. The molecule has 0 saturated heterocycles. The number of carbonyl (C=O) groups excluding carboxylic acids is 1. The van der Waals surface area contributed by atoms with E-state index in [2.05, 4.69) is 38.6 Å². The monoisotopic (exact) mass is 412 g/mol. The van der Waals surface area contributed by atoms with Gasteiger partial charge >= 0.3 is 0 Å². The Balaban J connectivity index is 1.52. The van der Waals surface area contributed by atoms with Gasteiger partial charge in [-0.2, -0.15) is 5.10 Å². The molecule has 1 N–H and O–H groups in total. The van der Waals surface area contributed by atoms with Crippen molar-refractivity contribution in [3.8, 4) is 0 Å². The molecule has 0 aliphatic heterocycles. The maximum atomic E-state index is 11.9. The quantitative estimate of drug-likeness (QED) is 0.457. The lowest BCUT2D eigenvalue weighted by Crippen LogP contribution is -2.19. The van der Waals surface area contributed by atoms with E-state index >= 15 is 0 Å². The molecule has 3 rings (SSSR count). The second-order valence-corrected chi connectivity index (χ2v) is 7.29. The van der Waals surface area contributed by atoms with Crippen LogP contribution in [0.15, 0.2) is 76.3 Å². The van der Waals surface area contributed by atoms with Crippen molar-refractivity contribution in [2.24, 2.45) is 5.10 Å². The Hall–Kier alpha value is -2.11. The molecule has 126 valence electrons. The van der Waals surface area contributed by atoms with Crippen LogP contribution in [-0.2, 0) is 10.5 Å². The van der Waals surface area contributed by atoms with E-state index < -0.39 is 0 Å². The number of rotatable bonds is 6. The van der Waals surface area contributed by atoms with E-state index in [1.165, 1.54) is 5.56 Å². The molecule has 0 aliphatic carbocycles. The van der Waals surface area contributed by atoms with E-state index in [9.17, 15) is 4.79 Å². The summed E-state index contributed by atoms with van der Waals surface area (Å²) < 4.78 is 1.07. The number of benzene rings is 3. The fourth-order valence-electron chi connectivity index (χ4n) is 2.44. The van der Waals surface area contributed by atoms with Crippen LogP contribution in [0.4, 0.5) is 0 Å². The van der Waals surface area contributed by atoms with E-state index in [0.717, 1.165) is 26.6 Å². The van der Waals surface area contributed by atoms with Crippen LogP contribution >= 0.6 is 27.7 Å². The number of hydrogen-bond donors (Lipinski definition) is 1. The van der Waals surface area contributed by atoms with Gasteiger partial charge in [-0.3, -0.25) is 4.79 Å². The molecular weight excluding hydrogens is 396 g/mol. The van der Waals surface area contributed by atoms with Crippen molar-refractivity contribution in [3.63, 3.8) is 0 Å². The molecule has 3 aromatic rings. The average molecular weight is 413 g/mol. The summed E-state index contributed by atoms with van der Waals surface area (Å²) in [6.07, 6.45) is 1.69. The lowest BCUT2D eigenvalue weighted by atomic mass is 10.1. The van der Waals surface area contributed by atoms with Gasteiger partial charge in [-0.15, -0.1) is 11.8 Å². The van der Waals surface area contributed by atoms with Gasteiger partial charge in [-0.1, -0.05) is 76.6 Å². The molecule has 0 spiro atoms. The van der Waals surface area contributed by atoms with Crippen molar-refractivity contribution in [1.82, 2.24) is 5.43 Å². The number of thioether (sulfide) groups is 1. The van der Waals surface area contributed by atoms with E-state index in [-0.39, 0.29) is 5.91 Å². The molecule has 3 nitrogen and oxygen atoms in total. The summed E-state index contributed by atoms with van der Waals surface area (Å²) in [6, 6.07) is 22.2. The van der Waals surface area contributed by atoms with Gasteiger partial charge in [0.25, 0.3) is 0 Å². The van der Waals surface area contributed by atoms with Crippen molar-refractivity contribution in [2.45, 2.75) is 5.75 Å². The van der Waals surface area contributed by atoms with Crippen LogP contribution in [0, 0.1) is 0 Å². The van der Waals surface area contributed by atoms with Crippen LogP contribution in [0.1, 0.15) is 11.1 Å². The Kier molecular flexibility index (Phi) is 6.25. The van der Waals surface area contributed by atoms with Crippen LogP contribution in [0.5, 0.6) is 0 Å². The molecule has 0 fully saturated rings. The van der Waals surface area contributed by atoms with Crippen LogP contribution in [0.3, 0.4) is 0 Å². The van der Waals surface area contributed by atoms with Crippen molar-refractivity contribution >= 4 is 50.6 Å². The number of carbonyl (C=O) groups is 1. The van der Waals surface area contributed by atoms with Crippen molar-refractivity contribution in [2.75, 3.05) is 5.75 Å². The molecule has 0 aromatic heterocycles. The minimum atomic E-state index is -0.103. The highest BCUT2D eigenvalue weighted by Gasteiger charge is 2.03. The highest BCUT2D eigenvalue weighted by molar-refractivity contribution is 9.10. The maximum absolute atomic E-state index is 11.9. The summed E-state index contributed by atoms with van der Waals surface area (Å²) in [5.41, 5.74) is 4.76. The number of hydrogen-bond acceptors (Lipinski definition) is 3. The van der Waals surface area contributed by atoms with Gasteiger partial charge in [0.2, 0.25) is 5.91 Å². The Labute approximate surface area is 159 Å².